The van der Waals surface area contributed by atoms with Gasteiger partial charge in [-0.2, -0.15) is 13.2 Å². The number of ether oxygens (including phenoxy) is 1. The number of amides is 1. The van der Waals surface area contributed by atoms with Crippen molar-refractivity contribution in [2.24, 2.45) is 0 Å². The largest absolute Gasteiger partial charge is 0.493 e. The number of piperazine rings is 1. The number of fused-ring (bicyclic) bond motifs is 2. The van der Waals surface area contributed by atoms with Crippen LogP contribution in [-0.2, 0) is 6.18 Å². The molecule has 36 heavy (non-hydrogen) atoms. The number of alkyl halides is 3. The first-order valence-electron chi connectivity index (χ1n) is 12.6. The molecule has 2 bridgehead atoms. The molecule has 0 aromatic heterocycles. The molecule has 5 nitrogen and oxygen atoms in total. The number of likely N-dealkylation sites (tertiary alicyclic amines) is 2. The summed E-state index contributed by atoms with van der Waals surface area (Å²) in [4.78, 5) is 19.5. The zero-order chi connectivity index (χ0) is 26.2. The van der Waals surface area contributed by atoms with Gasteiger partial charge in [-0.15, -0.1) is 0 Å². The van der Waals surface area contributed by atoms with Gasteiger partial charge in [0.05, 0.1) is 12.2 Å². The molecule has 196 valence electrons. The third-order valence-corrected chi connectivity index (χ3v) is 7.74. The van der Waals surface area contributed by atoms with Crippen molar-refractivity contribution in [1.29, 1.82) is 0 Å². The fourth-order valence-corrected chi connectivity index (χ4v) is 5.56. The summed E-state index contributed by atoms with van der Waals surface area (Å²) in [6.07, 6.45) is -2.54. The summed E-state index contributed by atoms with van der Waals surface area (Å²) in [6, 6.07) is 9.28. The van der Waals surface area contributed by atoms with Crippen molar-refractivity contribution in [2.45, 2.75) is 57.9 Å². The van der Waals surface area contributed by atoms with Gasteiger partial charge >= 0.3 is 6.18 Å². The van der Waals surface area contributed by atoms with Gasteiger partial charge in [0.2, 0.25) is 0 Å². The van der Waals surface area contributed by atoms with Crippen molar-refractivity contribution in [3.8, 4) is 5.75 Å². The van der Waals surface area contributed by atoms with E-state index in [-0.39, 0.29) is 24.0 Å². The molecule has 4 rings (SSSR count). The first kappa shape index (κ1) is 26.5. The van der Waals surface area contributed by atoms with Crippen LogP contribution in [0.4, 0.5) is 13.2 Å². The first-order valence-corrected chi connectivity index (χ1v) is 12.6. The second-order valence-electron chi connectivity index (χ2n) is 10.4. The van der Waals surface area contributed by atoms with Gasteiger partial charge in [-0.05, 0) is 94.7 Å². The summed E-state index contributed by atoms with van der Waals surface area (Å²) in [5.74, 6) is 0.741. The minimum atomic E-state index is -4.40. The Kier molecular flexibility index (Phi) is 7.67. The monoisotopic (exact) mass is 503 g/mol. The number of nitrogens with zero attached hydrogens (tertiary/aromatic N) is 3. The van der Waals surface area contributed by atoms with Crippen LogP contribution in [-0.4, -0.2) is 73.0 Å². The Hall–Kier alpha value is -2.58. The fraction of sp³-hybridized carbons (Fsp3) is 0.536. The number of hydrogen-bond donors (Lipinski definition) is 0. The van der Waals surface area contributed by atoms with E-state index in [1.54, 1.807) is 0 Å². The summed E-state index contributed by atoms with van der Waals surface area (Å²) in [6.45, 7) is 9.49. The third-order valence-electron chi connectivity index (χ3n) is 7.74. The number of rotatable bonds is 8. The van der Waals surface area contributed by atoms with Crippen molar-refractivity contribution >= 4 is 5.91 Å². The fourth-order valence-electron chi connectivity index (χ4n) is 5.56. The molecule has 0 radical (unpaired) electrons. The normalized spacial score (nSPS) is 20.9. The Labute approximate surface area is 211 Å². The number of benzene rings is 2. The van der Waals surface area contributed by atoms with E-state index in [9.17, 15) is 18.0 Å². The Morgan fingerprint density at radius 3 is 2.33 bits per heavy atom. The number of carbonyl (C=O) groups is 1. The van der Waals surface area contributed by atoms with Gasteiger partial charge < -0.3 is 14.5 Å². The lowest BCUT2D eigenvalue weighted by molar-refractivity contribution is -0.137. The molecule has 2 aromatic rings. The van der Waals surface area contributed by atoms with E-state index >= 15 is 0 Å². The quantitative estimate of drug-likeness (QED) is 0.458. The Morgan fingerprint density at radius 1 is 1.06 bits per heavy atom. The van der Waals surface area contributed by atoms with Crippen molar-refractivity contribution in [3.05, 3.63) is 64.2 Å². The van der Waals surface area contributed by atoms with Crippen LogP contribution in [0.2, 0.25) is 0 Å². The maximum absolute atomic E-state index is 13.0. The molecule has 1 unspecified atom stereocenters. The minimum Gasteiger partial charge on any atom is -0.493 e. The highest BCUT2D eigenvalue weighted by molar-refractivity contribution is 5.94. The van der Waals surface area contributed by atoms with Crippen LogP contribution in [0, 0.1) is 13.8 Å². The molecule has 2 aromatic carbocycles. The molecule has 2 aliphatic rings. The van der Waals surface area contributed by atoms with Crippen molar-refractivity contribution in [3.63, 3.8) is 0 Å². The van der Waals surface area contributed by atoms with Crippen LogP contribution < -0.4 is 4.74 Å². The molecule has 2 aliphatic heterocycles. The van der Waals surface area contributed by atoms with Gasteiger partial charge in [0.25, 0.3) is 5.91 Å². The van der Waals surface area contributed by atoms with E-state index < -0.39 is 11.7 Å². The van der Waals surface area contributed by atoms with Crippen LogP contribution in [0.1, 0.15) is 58.4 Å². The molecule has 2 fully saturated rings. The minimum absolute atomic E-state index is 0.0768. The van der Waals surface area contributed by atoms with Crippen LogP contribution in [0.3, 0.4) is 0 Å². The van der Waals surface area contributed by atoms with Gasteiger partial charge in [-0.3, -0.25) is 9.69 Å². The van der Waals surface area contributed by atoms with Crippen molar-refractivity contribution < 1.29 is 22.7 Å². The summed E-state index contributed by atoms with van der Waals surface area (Å²) >= 11 is 0. The highest BCUT2D eigenvalue weighted by atomic mass is 19.4. The number of hydrogen-bond acceptors (Lipinski definition) is 4. The predicted molar refractivity (Wildman–Crippen MR) is 134 cm³/mol. The molecule has 3 atom stereocenters. The second-order valence-corrected chi connectivity index (χ2v) is 10.4. The summed E-state index contributed by atoms with van der Waals surface area (Å²) in [5, 5.41) is 0. The molecule has 0 aliphatic carbocycles. The first-order chi connectivity index (χ1) is 17.0. The highest BCUT2D eigenvalue weighted by Gasteiger charge is 2.47. The van der Waals surface area contributed by atoms with E-state index in [0.717, 1.165) is 49.4 Å². The molecule has 0 N–H and O–H groups in total. The van der Waals surface area contributed by atoms with Gasteiger partial charge in [-0.1, -0.05) is 6.07 Å². The smallest absolute Gasteiger partial charge is 0.416 e. The molecule has 0 saturated carbocycles. The summed E-state index contributed by atoms with van der Waals surface area (Å²) < 4.78 is 44.6. The summed E-state index contributed by atoms with van der Waals surface area (Å²) in [7, 11) is 4.11. The molecular weight excluding hydrogens is 467 g/mol. The Balaban J connectivity index is 1.39. The Bertz CT molecular complexity index is 1080. The number of carbonyl (C=O) groups excluding carboxylic acids is 1. The highest BCUT2D eigenvalue weighted by Crippen LogP contribution is 2.39. The Morgan fingerprint density at radius 2 is 1.75 bits per heavy atom. The topological polar surface area (TPSA) is 36.0 Å². The lowest BCUT2D eigenvalue weighted by atomic mass is 9.96. The van der Waals surface area contributed by atoms with E-state index in [2.05, 4.69) is 56.8 Å². The maximum atomic E-state index is 13.0. The molecular formula is C28H36F3N3O2. The number of halogens is 3. The van der Waals surface area contributed by atoms with Crippen LogP contribution in [0.5, 0.6) is 5.75 Å². The third kappa shape index (κ3) is 5.39. The standard InChI is InChI=1S/C28H36F3N3O2/c1-18-19(2)26(36-14-6-13-32(4)5)12-11-25(18)20(3)33-16-24-15-23(33)17-34(24)27(35)21-7-9-22(10-8-21)28(29,30)31/h7-12,20,23-24H,6,13-17H2,1-5H3/t20-,23?,24+/m1/s1. The lowest BCUT2D eigenvalue weighted by Gasteiger charge is -2.38. The molecule has 0 spiro atoms. The van der Waals surface area contributed by atoms with Gasteiger partial charge in [0, 0.05) is 43.3 Å². The SMILES string of the molecule is Cc1c(OCCCN(C)C)ccc([C@@H](C)N2C[C@@H]3CC2CN3C(=O)c2ccc(C(F)(F)F)cc2)c1C. The summed E-state index contributed by atoms with van der Waals surface area (Å²) in [5.41, 5.74) is 3.22. The van der Waals surface area contributed by atoms with Crippen LogP contribution in [0.15, 0.2) is 36.4 Å². The molecule has 2 heterocycles. The van der Waals surface area contributed by atoms with E-state index in [1.807, 2.05) is 4.90 Å². The zero-order valence-electron chi connectivity index (χ0n) is 21.7. The molecule has 2 saturated heterocycles. The van der Waals surface area contributed by atoms with E-state index in [1.165, 1.54) is 23.3 Å². The van der Waals surface area contributed by atoms with Gasteiger partial charge in [-0.25, -0.2) is 0 Å². The predicted octanol–water partition coefficient (Wildman–Crippen LogP) is 5.31. The average molecular weight is 504 g/mol. The molecule has 1 amide bonds. The van der Waals surface area contributed by atoms with Crippen LogP contribution >= 0.6 is 0 Å². The molecule has 8 heteroatoms. The average Bonchev–Trinajstić information content (AvgIpc) is 3.44. The van der Waals surface area contributed by atoms with Crippen molar-refractivity contribution in [2.75, 3.05) is 40.3 Å². The van der Waals surface area contributed by atoms with Gasteiger partial charge in [0.1, 0.15) is 5.75 Å². The van der Waals surface area contributed by atoms with E-state index in [4.69, 9.17) is 4.74 Å². The van der Waals surface area contributed by atoms with Crippen LogP contribution in [0.25, 0.3) is 0 Å². The van der Waals surface area contributed by atoms with E-state index in [0.29, 0.717) is 18.7 Å². The van der Waals surface area contributed by atoms with Gasteiger partial charge in [0.15, 0.2) is 0 Å². The second kappa shape index (κ2) is 10.4. The zero-order valence-corrected chi connectivity index (χ0v) is 21.7. The lowest BCUT2D eigenvalue weighted by Crippen LogP contribution is -2.49. The maximum Gasteiger partial charge on any atom is 0.416 e. The van der Waals surface area contributed by atoms with Crippen molar-refractivity contribution in [1.82, 2.24) is 14.7 Å².